The molecule has 0 saturated heterocycles. The second kappa shape index (κ2) is 8.17. The van der Waals surface area contributed by atoms with Gasteiger partial charge in [0.2, 0.25) is 0 Å². The van der Waals surface area contributed by atoms with Crippen molar-refractivity contribution in [2.75, 3.05) is 33.4 Å². The molecule has 0 aliphatic carbocycles. The van der Waals surface area contributed by atoms with E-state index in [0.29, 0.717) is 0 Å². The van der Waals surface area contributed by atoms with Gasteiger partial charge in [0, 0.05) is 10.3 Å². The van der Waals surface area contributed by atoms with Gasteiger partial charge in [0.1, 0.15) is 0 Å². The lowest BCUT2D eigenvalue weighted by Crippen LogP contribution is -2.35. The first kappa shape index (κ1) is 15.1. The number of unbranched alkanes of at least 4 members (excludes halogenated alkanes) is 4. The summed E-state index contributed by atoms with van der Waals surface area (Å²) in [5.41, 5.74) is 0. The van der Waals surface area contributed by atoms with Crippen molar-refractivity contribution < 1.29 is 4.48 Å². The van der Waals surface area contributed by atoms with E-state index in [1.54, 1.807) is 11.3 Å². The molecule has 0 spiro atoms. The number of thiophene rings is 1. The van der Waals surface area contributed by atoms with E-state index < -0.39 is 0 Å². The zero-order chi connectivity index (χ0) is 12.6. The van der Waals surface area contributed by atoms with Crippen LogP contribution in [0.1, 0.15) is 32.1 Å². The molecule has 17 heavy (non-hydrogen) atoms. The van der Waals surface area contributed by atoms with E-state index in [1.807, 2.05) is 11.8 Å². The van der Waals surface area contributed by atoms with Gasteiger partial charge in [0.15, 0.2) is 0 Å². The van der Waals surface area contributed by atoms with Crippen molar-refractivity contribution in [3.63, 3.8) is 0 Å². The van der Waals surface area contributed by atoms with Crippen molar-refractivity contribution in [3.8, 4) is 0 Å². The predicted molar refractivity (Wildman–Crippen MR) is 81.0 cm³/mol. The zero-order valence-corrected chi connectivity index (χ0v) is 13.1. The van der Waals surface area contributed by atoms with Crippen molar-refractivity contribution in [1.29, 1.82) is 0 Å². The number of quaternary nitrogens is 1. The van der Waals surface area contributed by atoms with Gasteiger partial charge < -0.3 is 4.48 Å². The van der Waals surface area contributed by atoms with Gasteiger partial charge in [-0.25, -0.2) is 0 Å². The van der Waals surface area contributed by atoms with Crippen molar-refractivity contribution >= 4 is 23.1 Å². The molecule has 0 atom stereocenters. The molecule has 1 rings (SSSR count). The van der Waals surface area contributed by atoms with Crippen molar-refractivity contribution in [2.45, 2.75) is 37.0 Å². The van der Waals surface area contributed by atoms with Gasteiger partial charge in [-0.05, 0) is 36.5 Å². The minimum Gasteiger partial charge on any atom is -0.331 e. The van der Waals surface area contributed by atoms with Gasteiger partial charge in [0.05, 0.1) is 27.7 Å². The molecule has 98 valence electrons. The van der Waals surface area contributed by atoms with Crippen molar-refractivity contribution in [1.82, 2.24) is 0 Å². The average Bonchev–Trinajstić information content (AvgIpc) is 2.73. The highest BCUT2D eigenvalue weighted by atomic mass is 32.2. The summed E-state index contributed by atoms with van der Waals surface area (Å²) in [4.78, 5) is 1.44. The quantitative estimate of drug-likeness (QED) is 0.362. The Balaban J connectivity index is 1.85. The lowest BCUT2D eigenvalue weighted by Gasteiger charge is -2.23. The molecule has 3 heteroatoms. The maximum atomic E-state index is 2.28. The fourth-order valence-corrected chi connectivity index (χ4v) is 3.53. The van der Waals surface area contributed by atoms with E-state index in [-0.39, 0.29) is 0 Å². The van der Waals surface area contributed by atoms with Gasteiger partial charge in [0.25, 0.3) is 0 Å². The maximum Gasteiger partial charge on any atom is 0.0780 e. The smallest absolute Gasteiger partial charge is 0.0780 e. The van der Waals surface area contributed by atoms with E-state index >= 15 is 0 Å². The fourth-order valence-electron chi connectivity index (χ4n) is 1.74. The molecule has 0 unspecified atom stereocenters. The summed E-state index contributed by atoms with van der Waals surface area (Å²) >= 11 is 3.80. The van der Waals surface area contributed by atoms with Crippen LogP contribution in [0.3, 0.4) is 0 Å². The van der Waals surface area contributed by atoms with Crippen LogP contribution in [0.25, 0.3) is 0 Å². The average molecular weight is 273 g/mol. The Labute approximate surface area is 115 Å². The number of hydrogen-bond acceptors (Lipinski definition) is 2. The van der Waals surface area contributed by atoms with Crippen LogP contribution in [0.2, 0.25) is 0 Å². The van der Waals surface area contributed by atoms with Crippen LogP contribution in [0.4, 0.5) is 0 Å². The molecule has 1 nitrogen and oxygen atoms in total. The fraction of sp³-hybridized carbons (Fsp3) is 0.714. The van der Waals surface area contributed by atoms with E-state index in [4.69, 9.17) is 0 Å². The second-order valence-corrected chi connectivity index (χ2v) is 7.54. The second-order valence-electron chi connectivity index (χ2n) is 5.59. The van der Waals surface area contributed by atoms with Gasteiger partial charge in [-0.3, -0.25) is 0 Å². The Hall–Kier alpha value is 0.01000. The van der Waals surface area contributed by atoms with Crippen molar-refractivity contribution in [2.24, 2.45) is 0 Å². The molecule has 1 heterocycles. The van der Waals surface area contributed by atoms with E-state index in [1.165, 1.54) is 49.3 Å². The first-order valence-electron chi connectivity index (χ1n) is 6.53. The SMILES string of the molecule is C[N+](C)(C)CCCCCCCSc1ccsc1. The first-order valence-corrected chi connectivity index (χ1v) is 8.46. The minimum absolute atomic E-state index is 1.11. The zero-order valence-electron chi connectivity index (χ0n) is 11.4. The summed E-state index contributed by atoms with van der Waals surface area (Å²) in [7, 11) is 6.83. The molecule has 0 amide bonds. The Kier molecular flexibility index (Phi) is 7.24. The highest BCUT2D eigenvalue weighted by molar-refractivity contribution is 7.99. The third-order valence-corrected chi connectivity index (χ3v) is 4.65. The number of nitrogens with zero attached hydrogens (tertiary/aromatic N) is 1. The Morgan fingerprint density at radius 1 is 1.06 bits per heavy atom. The van der Waals surface area contributed by atoms with Crippen LogP contribution in [0, 0.1) is 0 Å². The predicted octanol–water partition coefficient (Wildman–Crippen LogP) is 4.50. The summed E-state index contributed by atoms with van der Waals surface area (Å²) in [6.07, 6.45) is 6.95. The molecule has 0 radical (unpaired) electrons. The summed E-state index contributed by atoms with van der Waals surface area (Å²) in [6, 6.07) is 2.22. The molecular weight excluding hydrogens is 246 g/mol. The standard InChI is InChI=1S/C14H26NS2/c1-15(2,3)10-7-5-4-6-8-11-17-14-9-12-16-13-14/h9,12-13H,4-8,10-11H2,1-3H3/q+1. The molecule has 1 aromatic heterocycles. The van der Waals surface area contributed by atoms with E-state index in [9.17, 15) is 0 Å². The van der Waals surface area contributed by atoms with Gasteiger partial charge in [-0.2, -0.15) is 11.3 Å². The molecule has 0 N–H and O–H groups in total. The van der Waals surface area contributed by atoms with Crippen LogP contribution in [0.5, 0.6) is 0 Å². The van der Waals surface area contributed by atoms with Crippen LogP contribution in [-0.4, -0.2) is 37.9 Å². The molecule has 0 aromatic carbocycles. The lowest BCUT2D eigenvalue weighted by molar-refractivity contribution is -0.870. The van der Waals surface area contributed by atoms with Crippen molar-refractivity contribution in [3.05, 3.63) is 16.8 Å². The summed E-state index contributed by atoms with van der Waals surface area (Å²) in [5.74, 6) is 1.28. The minimum atomic E-state index is 1.11. The highest BCUT2D eigenvalue weighted by Crippen LogP contribution is 2.22. The van der Waals surface area contributed by atoms with Crippen LogP contribution < -0.4 is 0 Å². The summed E-state index contributed by atoms with van der Waals surface area (Å²) in [6.45, 7) is 1.31. The molecule has 0 aliphatic rings. The molecular formula is C14H26NS2+. The molecule has 0 aliphatic heterocycles. The molecule has 0 bridgehead atoms. The summed E-state index contributed by atoms with van der Waals surface area (Å²) < 4.78 is 1.11. The van der Waals surface area contributed by atoms with E-state index in [0.717, 1.165) is 4.48 Å². The number of thioether (sulfide) groups is 1. The number of hydrogen-bond donors (Lipinski definition) is 0. The monoisotopic (exact) mass is 272 g/mol. The molecule has 0 fully saturated rings. The van der Waals surface area contributed by atoms with Crippen LogP contribution in [0.15, 0.2) is 21.7 Å². The number of rotatable bonds is 9. The Bertz CT molecular complexity index is 275. The third-order valence-electron chi connectivity index (χ3n) is 2.74. The summed E-state index contributed by atoms with van der Waals surface area (Å²) in [5, 5.41) is 4.40. The topological polar surface area (TPSA) is 0 Å². The van der Waals surface area contributed by atoms with Crippen LogP contribution in [-0.2, 0) is 0 Å². The van der Waals surface area contributed by atoms with Gasteiger partial charge in [-0.15, -0.1) is 11.8 Å². The van der Waals surface area contributed by atoms with E-state index in [2.05, 4.69) is 38.0 Å². The first-order chi connectivity index (χ1) is 8.08. The molecule has 1 aromatic rings. The Morgan fingerprint density at radius 3 is 2.41 bits per heavy atom. The van der Waals surface area contributed by atoms with Gasteiger partial charge in [-0.1, -0.05) is 12.8 Å². The molecule has 0 saturated carbocycles. The highest BCUT2D eigenvalue weighted by Gasteiger charge is 2.04. The largest absolute Gasteiger partial charge is 0.331 e. The lowest BCUT2D eigenvalue weighted by atomic mass is 10.1. The third kappa shape index (κ3) is 8.70. The Morgan fingerprint density at radius 2 is 1.76 bits per heavy atom. The maximum absolute atomic E-state index is 2.28. The van der Waals surface area contributed by atoms with Gasteiger partial charge >= 0.3 is 0 Å². The van der Waals surface area contributed by atoms with Crippen LogP contribution >= 0.6 is 23.1 Å². The normalized spacial score (nSPS) is 11.9.